The number of aliphatic hydroxyl groups excluding tert-OH is 1. The third-order valence-electron chi connectivity index (χ3n) is 7.68. The molecule has 3 heteroatoms. The fourth-order valence-corrected chi connectivity index (χ4v) is 6.27. The van der Waals surface area contributed by atoms with Crippen LogP contribution in [0.25, 0.3) is 0 Å². The van der Waals surface area contributed by atoms with Crippen LogP contribution in [-0.2, 0) is 9.53 Å². The molecule has 3 aliphatic rings. The topological polar surface area (TPSA) is 46.5 Å². The first-order chi connectivity index (χ1) is 11.9. The summed E-state index contributed by atoms with van der Waals surface area (Å²) in [5, 5.41) is 9.69. The molecule has 25 heavy (non-hydrogen) atoms. The predicted molar refractivity (Wildman–Crippen MR) is 102 cm³/mol. The SMILES string of the molecule is CC.COC(=O)CC1CCC2C3CC=CC3(C)CC[C@@H]2C1(C)CCO. The number of methoxy groups -OCH3 is 1. The molecule has 0 bridgehead atoms. The molecule has 0 aromatic rings. The van der Waals surface area contributed by atoms with Crippen LogP contribution in [0.2, 0.25) is 0 Å². The first kappa shape index (κ1) is 20.5. The van der Waals surface area contributed by atoms with Gasteiger partial charge in [0.2, 0.25) is 0 Å². The van der Waals surface area contributed by atoms with Gasteiger partial charge in [-0.3, -0.25) is 4.79 Å². The number of fused-ring (bicyclic) bond motifs is 3. The molecule has 0 saturated heterocycles. The van der Waals surface area contributed by atoms with Gasteiger partial charge in [0.25, 0.3) is 0 Å². The van der Waals surface area contributed by atoms with Crippen molar-refractivity contribution in [1.29, 1.82) is 0 Å². The van der Waals surface area contributed by atoms with Crippen molar-refractivity contribution in [1.82, 2.24) is 0 Å². The molecule has 0 amide bonds. The van der Waals surface area contributed by atoms with Crippen molar-refractivity contribution < 1.29 is 14.6 Å². The Morgan fingerprint density at radius 2 is 1.92 bits per heavy atom. The molecule has 2 saturated carbocycles. The fraction of sp³-hybridized carbons (Fsp3) is 0.864. The highest BCUT2D eigenvalue weighted by atomic mass is 16.5. The highest BCUT2D eigenvalue weighted by Crippen LogP contribution is 2.63. The van der Waals surface area contributed by atoms with Crippen LogP contribution >= 0.6 is 0 Å². The van der Waals surface area contributed by atoms with E-state index in [-0.39, 0.29) is 18.0 Å². The van der Waals surface area contributed by atoms with Gasteiger partial charge in [0.1, 0.15) is 0 Å². The van der Waals surface area contributed by atoms with E-state index in [9.17, 15) is 9.90 Å². The second-order valence-corrected chi connectivity index (χ2v) is 8.59. The predicted octanol–water partition coefficient (Wildman–Crippen LogP) is 4.98. The Balaban J connectivity index is 0.00000109. The van der Waals surface area contributed by atoms with E-state index in [4.69, 9.17) is 4.74 Å². The Bertz CT molecular complexity index is 486. The Labute approximate surface area is 154 Å². The number of aliphatic hydroxyl groups is 1. The van der Waals surface area contributed by atoms with Crippen molar-refractivity contribution in [3.8, 4) is 0 Å². The standard InChI is InChI=1S/C20H32O3.C2H6/c1-19-9-4-5-16(19)15-7-6-14(13-18(22)23-3)20(2,11-12-21)17(15)8-10-19;1-2/h4,9,14-17,21H,5-8,10-13H2,1-3H3;1-2H3/t14?,15?,16?,17-,19?,20?;/m0./s1. The maximum atomic E-state index is 11.9. The molecule has 0 aromatic heterocycles. The summed E-state index contributed by atoms with van der Waals surface area (Å²) in [6, 6.07) is 0. The molecule has 5 unspecified atom stereocenters. The normalized spacial score (nSPS) is 42.0. The van der Waals surface area contributed by atoms with Crippen molar-refractivity contribution in [3.63, 3.8) is 0 Å². The molecule has 144 valence electrons. The summed E-state index contributed by atoms with van der Waals surface area (Å²) >= 11 is 0. The van der Waals surface area contributed by atoms with E-state index < -0.39 is 0 Å². The van der Waals surface area contributed by atoms with Crippen molar-refractivity contribution >= 4 is 5.97 Å². The lowest BCUT2D eigenvalue weighted by molar-refractivity contribution is -0.147. The van der Waals surface area contributed by atoms with Gasteiger partial charge >= 0.3 is 5.97 Å². The van der Waals surface area contributed by atoms with Crippen LogP contribution in [0.4, 0.5) is 0 Å². The molecule has 3 aliphatic carbocycles. The van der Waals surface area contributed by atoms with Crippen LogP contribution in [0.3, 0.4) is 0 Å². The fourth-order valence-electron chi connectivity index (χ4n) is 6.27. The second-order valence-electron chi connectivity index (χ2n) is 8.59. The molecular weight excluding hydrogens is 312 g/mol. The minimum atomic E-state index is -0.0965. The minimum Gasteiger partial charge on any atom is -0.469 e. The van der Waals surface area contributed by atoms with E-state index in [0.29, 0.717) is 23.7 Å². The molecule has 0 spiro atoms. The van der Waals surface area contributed by atoms with Crippen LogP contribution in [0.1, 0.15) is 72.6 Å². The Kier molecular flexibility index (Phi) is 6.75. The quantitative estimate of drug-likeness (QED) is 0.574. The van der Waals surface area contributed by atoms with Crippen LogP contribution in [0.5, 0.6) is 0 Å². The van der Waals surface area contributed by atoms with Crippen molar-refractivity contribution in [2.24, 2.45) is 34.5 Å². The zero-order chi connectivity index (χ0) is 18.7. The molecular formula is C22H38O3. The average Bonchev–Trinajstić information content (AvgIpc) is 3.01. The maximum Gasteiger partial charge on any atom is 0.305 e. The van der Waals surface area contributed by atoms with Crippen molar-refractivity contribution in [2.75, 3.05) is 13.7 Å². The van der Waals surface area contributed by atoms with Gasteiger partial charge in [-0.2, -0.15) is 0 Å². The highest BCUT2D eigenvalue weighted by molar-refractivity contribution is 5.69. The third-order valence-corrected chi connectivity index (χ3v) is 7.68. The van der Waals surface area contributed by atoms with Gasteiger partial charge in [-0.05, 0) is 73.0 Å². The second kappa shape index (κ2) is 8.24. The van der Waals surface area contributed by atoms with Gasteiger partial charge in [-0.15, -0.1) is 0 Å². The summed E-state index contributed by atoms with van der Waals surface area (Å²) in [4.78, 5) is 11.9. The van der Waals surface area contributed by atoms with E-state index in [1.54, 1.807) is 0 Å². The van der Waals surface area contributed by atoms with Crippen LogP contribution in [-0.4, -0.2) is 24.8 Å². The summed E-state index contributed by atoms with van der Waals surface area (Å²) in [7, 11) is 1.48. The lowest BCUT2D eigenvalue weighted by atomic mass is 9.47. The van der Waals surface area contributed by atoms with E-state index in [0.717, 1.165) is 24.7 Å². The first-order valence-corrected chi connectivity index (χ1v) is 10.3. The van der Waals surface area contributed by atoms with E-state index in [1.807, 2.05) is 13.8 Å². The Morgan fingerprint density at radius 3 is 2.56 bits per heavy atom. The largest absolute Gasteiger partial charge is 0.469 e. The Morgan fingerprint density at radius 1 is 1.20 bits per heavy atom. The summed E-state index contributed by atoms with van der Waals surface area (Å²) < 4.78 is 4.93. The van der Waals surface area contributed by atoms with Gasteiger partial charge < -0.3 is 9.84 Å². The zero-order valence-corrected chi connectivity index (χ0v) is 16.9. The van der Waals surface area contributed by atoms with Gasteiger partial charge in [0.15, 0.2) is 0 Å². The van der Waals surface area contributed by atoms with Gasteiger partial charge in [-0.25, -0.2) is 0 Å². The summed E-state index contributed by atoms with van der Waals surface area (Å²) in [5.41, 5.74) is 0.451. The Hall–Kier alpha value is -0.830. The summed E-state index contributed by atoms with van der Waals surface area (Å²) in [6.45, 7) is 8.98. The molecule has 0 heterocycles. The van der Waals surface area contributed by atoms with Gasteiger partial charge in [0.05, 0.1) is 7.11 Å². The van der Waals surface area contributed by atoms with E-state index >= 15 is 0 Å². The molecule has 3 rings (SSSR count). The molecule has 0 aliphatic heterocycles. The molecule has 2 fully saturated rings. The van der Waals surface area contributed by atoms with Crippen LogP contribution in [0.15, 0.2) is 12.2 Å². The molecule has 0 aromatic carbocycles. The summed E-state index contributed by atoms with van der Waals surface area (Å²) in [6.07, 6.45) is 12.2. The van der Waals surface area contributed by atoms with Crippen molar-refractivity contribution in [2.45, 2.75) is 72.6 Å². The first-order valence-electron chi connectivity index (χ1n) is 10.3. The molecule has 3 nitrogen and oxygen atoms in total. The van der Waals surface area contributed by atoms with Gasteiger partial charge in [-0.1, -0.05) is 39.8 Å². The third kappa shape index (κ3) is 3.67. The lowest BCUT2D eigenvalue weighted by Gasteiger charge is -2.58. The van der Waals surface area contributed by atoms with Crippen LogP contribution < -0.4 is 0 Å². The monoisotopic (exact) mass is 350 g/mol. The number of carbonyl (C=O) groups is 1. The summed E-state index contributed by atoms with van der Waals surface area (Å²) in [5.74, 6) is 2.39. The smallest absolute Gasteiger partial charge is 0.305 e. The van der Waals surface area contributed by atoms with Crippen LogP contribution in [0, 0.1) is 34.5 Å². The zero-order valence-electron chi connectivity index (χ0n) is 16.9. The number of rotatable bonds is 4. The van der Waals surface area contributed by atoms with E-state index in [1.165, 1.54) is 32.8 Å². The number of hydrogen-bond donors (Lipinski definition) is 1. The van der Waals surface area contributed by atoms with Gasteiger partial charge in [0, 0.05) is 13.0 Å². The number of esters is 1. The van der Waals surface area contributed by atoms with Crippen molar-refractivity contribution in [3.05, 3.63) is 12.2 Å². The maximum absolute atomic E-state index is 11.9. The molecule has 0 radical (unpaired) electrons. The highest BCUT2D eigenvalue weighted by Gasteiger charge is 2.55. The number of ether oxygens (including phenoxy) is 1. The number of hydrogen-bond acceptors (Lipinski definition) is 3. The van der Waals surface area contributed by atoms with E-state index in [2.05, 4.69) is 26.0 Å². The molecule has 6 atom stereocenters. The molecule has 1 N–H and O–H groups in total. The minimum absolute atomic E-state index is 0.0653. The number of allylic oxidation sites excluding steroid dienone is 2. The lowest BCUT2D eigenvalue weighted by Crippen LogP contribution is -2.51. The average molecular weight is 351 g/mol. The number of carbonyl (C=O) groups excluding carboxylic acids is 1.